The number of nitrogens with zero attached hydrogens (tertiary/aromatic N) is 1. The van der Waals surface area contributed by atoms with E-state index in [9.17, 15) is 0 Å². The molecule has 0 spiro atoms. The number of aromatic nitrogens is 1. The fourth-order valence-corrected chi connectivity index (χ4v) is 3.47. The molecule has 4 heteroatoms. The number of hydrogen-bond donors (Lipinski definition) is 1. The van der Waals surface area contributed by atoms with E-state index in [1.165, 1.54) is 15.4 Å². The monoisotopic (exact) mass is 241 g/mol. The third-order valence-corrected chi connectivity index (χ3v) is 4.66. The van der Waals surface area contributed by atoms with E-state index < -0.39 is 0 Å². The van der Waals surface area contributed by atoms with E-state index >= 15 is 0 Å². The molecule has 0 aliphatic carbocycles. The van der Waals surface area contributed by atoms with E-state index in [4.69, 9.17) is 0 Å². The highest BCUT2D eigenvalue weighted by Gasteiger charge is 2.10. The second kappa shape index (κ2) is 4.47. The summed E-state index contributed by atoms with van der Waals surface area (Å²) < 4.78 is 0. The van der Waals surface area contributed by atoms with Gasteiger partial charge in [-0.1, -0.05) is 13.0 Å². The average Bonchev–Trinajstić information content (AvgIpc) is 2.85. The van der Waals surface area contributed by atoms with Crippen LogP contribution >= 0.6 is 35.3 Å². The minimum Gasteiger partial charge on any atom is -0.240 e. The summed E-state index contributed by atoms with van der Waals surface area (Å²) in [5.74, 6) is 0.798. The lowest BCUT2D eigenvalue weighted by atomic mass is 10.3. The second-order valence-corrected chi connectivity index (χ2v) is 5.23. The maximum absolute atomic E-state index is 4.62. The van der Waals surface area contributed by atoms with Gasteiger partial charge in [-0.3, -0.25) is 0 Å². The first-order valence-electron chi connectivity index (χ1n) is 4.48. The van der Waals surface area contributed by atoms with Crippen LogP contribution < -0.4 is 0 Å². The van der Waals surface area contributed by atoms with Crippen molar-refractivity contribution in [1.82, 2.24) is 4.98 Å². The van der Waals surface area contributed by atoms with Crippen molar-refractivity contribution in [2.75, 3.05) is 0 Å². The zero-order valence-electron chi connectivity index (χ0n) is 7.86. The molecule has 2 heterocycles. The van der Waals surface area contributed by atoms with Gasteiger partial charge in [-0.05, 0) is 17.9 Å². The molecule has 0 amide bonds. The number of thiol groups is 1. The Labute approximate surface area is 97.2 Å². The zero-order valence-corrected chi connectivity index (χ0v) is 10.4. The SMILES string of the molecule is CCc1nc(-c2cccs2)sc1CS. The molecule has 0 aliphatic rings. The topological polar surface area (TPSA) is 12.9 Å². The summed E-state index contributed by atoms with van der Waals surface area (Å²) in [5, 5.41) is 3.23. The molecule has 0 bridgehead atoms. The van der Waals surface area contributed by atoms with Crippen molar-refractivity contribution in [2.45, 2.75) is 19.1 Å². The molecule has 0 saturated heterocycles. The number of aryl methyl sites for hydroxylation is 1. The Morgan fingerprint density at radius 2 is 2.36 bits per heavy atom. The van der Waals surface area contributed by atoms with Crippen molar-refractivity contribution in [1.29, 1.82) is 0 Å². The molecule has 2 rings (SSSR count). The van der Waals surface area contributed by atoms with Gasteiger partial charge < -0.3 is 0 Å². The molecular weight excluding hydrogens is 230 g/mol. The predicted octanol–water partition coefficient (Wildman–Crippen LogP) is 3.86. The predicted molar refractivity (Wildman–Crippen MR) is 67.5 cm³/mol. The fourth-order valence-electron chi connectivity index (χ4n) is 1.29. The molecule has 0 radical (unpaired) electrons. The normalized spacial score (nSPS) is 10.7. The van der Waals surface area contributed by atoms with Gasteiger partial charge in [0.2, 0.25) is 0 Å². The highest BCUT2D eigenvalue weighted by molar-refractivity contribution is 7.79. The van der Waals surface area contributed by atoms with Crippen LogP contribution in [0.4, 0.5) is 0 Å². The Morgan fingerprint density at radius 3 is 2.86 bits per heavy atom. The summed E-state index contributed by atoms with van der Waals surface area (Å²) in [6, 6.07) is 4.18. The fraction of sp³-hybridized carbons (Fsp3) is 0.300. The van der Waals surface area contributed by atoms with E-state index in [2.05, 4.69) is 42.0 Å². The summed E-state index contributed by atoms with van der Waals surface area (Å²) in [6.45, 7) is 2.14. The van der Waals surface area contributed by atoms with Gasteiger partial charge in [0.15, 0.2) is 0 Å². The zero-order chi connectivity index (χ0) is 9.97. The third kappa shape index (κ3) is 1.87. The lowest BCUT2D eigenvalue weighted by Crippen LogP contribution is -1.84. The lowest BCUT2D eigenvalue weighted by molar-refractivity contribution is 1.04. The van der Waals surface area contributed by atoms with Gasteiger partial charge in [0, 0.05) is 10.6 Å². The lowest BCUT2D eigenvalue weighted by Gasteiger charge is -1.90. The third-order valence-electron chi connectivity index (χ3n) is 1.99. The maximum atomic E-state index is 4.62. The molecule has 0 aromatic carbocycles. The summed E-state index contributed by atoms with van der Waals surface area (Å²) in [7, 11) is 0. The summed E-state index contributed by atoms with van der Waals surface area (Å²) in [4.78, 5) is 7.19. The van der Waals surface area contributed by atoms with E-state index in [0.717, 1.165) is 17.2 Å². The summed E-state index contributed by atoms with van der Waals surface area (Å²) in [5.41, 5.74) is 1.20. The van der Waals surface area contributed by atoms with Gasteiger partial charge in [-0.2, -0.15) is 12.6 Å². The number of rotatable bonds is 3. The molecule has 0 aliphatic heterocycles. The van der Waals surface area contributed by atoms with E-state index in [1.807, 2.05) is 0 Å². The minimum absolute atomic E-state index is 0.798. The van der Waals surface area contributed by atoms with Gasteiger partial charge in [-0.15, -0.1) is 22.7 Å². The van der Waals surface area contributed by atoms with Crippen LogP contribution in [0.1, 0.15) is 17.5 Å². The smallest absolute Gasteiger partial charge is 0.133 e. The van der Waals surface area contributed by atoms with Crippen molar-refractivity contribution in [3.63, 3.8) is 0 Å². The van der Waals surface area contributed by atoms with Gasteiger partial charge in [-0.25, -0.2) is 4.98 Å². The largest absolute Gasteiger partial charge is 0.240 e. The Balaban J connectivity index is 2.41. The molecule has 2 aromatic heterocycles. The van der Waals surface area contributed by atoms with Crippen LogP contribution in [0.15, 0.2) is 17.5 Å². The van der Waals surface area contributed by atoms with Crippen molar-refractivity contribution in [3.8, 4) is 9.88 Å². The van der Waals surface area contributed by atoms with Crippen molar-refractivity contribution >= 4 is 35.3 Å². The molecule has 0 saturated carbocycles. The van der Waals surface area contributed by atoms with Crippen molar-refractivity contribution in [2.24, 2.45) is 0 Å². The number of hydrogen-bond acceptors (Lipinski definition) is 4. The summed E-state index contributed by atoms with van der Waals surface area (Å²) >= 11 is 7.83. The highest BCUT2D eigenvalue weighted by Crippen LogP contribution is 2.32. The van der Waals surface area contributed by atoms with Crippen LogP contribution in [0, 0.1) is 0 Å². The molecule has 0 unspecified atom stereocenters. The molecule has 14 heavy (non-hydrogen) atoms. The minimum atomic E-state index is 0.798. The van der Waals surface area contributed by atoms with Crippen LogP contribution in [0.2, 0.25) is 0 Å². The first kappa shape index (κ1) is 10.2. The van der Waals surface area contributed by atoms with Crippen molar-refractivity contribution in [3.05, 3.63) is 28.1 Å². The van der Waals surface area contributed by atoms with Crippen LogP contribution in [-0.4, -0.2) is 4.98 Å². The molecule has 0 N–H and O–H groups in total. The Kier molecular flexibility index (Phi) is 3.26. The summed E-state index contributed by atoms with van der Waals surface area (Å²) in [6.07, 6.45) is 0.998. The molecular formula is C10H11NS3. The number of thiophene rings is 1. The molecule has 2 aromatic rings. The highest BCUT2D eigenvalue weighted by atomic mass is 32.1. The molecule has 0 atom stereocenters. The van der Waals surface area contributed by atoms with Crippen LogP contribution in [0.5, 0.6) is 0 Å². The first-order chi connectivity index (χ1) is 6.85. The maximum Gasteiger partial charge on any atom is 0.133 e. The second-order valence-electron chi connectivity index (χ2n) is 2.88. The van der Waals surface area contributed by atoms with Gasteiger partial charge in [0.1, 0.15) is 5.01 Å². The van der Waals surface area contributed by atoms with E-state index in [-0.39, 0.29) is 0 Å². The Morgan fingerprint density at radius 1 is 1.50 bits per heavy atom. The van der Waals surface area contributed by atoms with Gasteiger partial charge in [0.05, 0.1) is 10.6 Å². The Hall–Kier alpha value is -0.320. The van der Waals surface area contributed by atoms with Crippen LogP contribution in [-0.2, 0) is 12.2 Å². The van der Waals surface area contributed by atoms with Crippen LogP contribution in [0.25, 0.3) is 9.88 Å². The quantitative estimate of drug-likeness (QED) is 0.805. The Bertz CT molecular complexity index is 381. The number of thiazole rings is 1. The van der Waals surface area contributed by atoms with E-state index in [1.54, 1.807) is 22.7 Å². The van der Waals surface area contributed by atoms with Crippen LogP contribution in [0.3, 0.4) is 0 Å². The molecule has 1 nitrogen and oxygen atoms in total. The van der Waals surface area contributed by atoms with Gasteiger partial charge >= 0.3 is 0 Å². The van der Waals surface area contributed by atoms with Gasteiger partial charge in [0.25, 0.3) is 0 Å². The first-order valence-corrected chi connectivity index (χ1v) is 6.81. The standard InChI is InChI=1S/C10H11NS3/c1-2-7-9(6-12)14-10(11-7)8-4-3-5-13-8/h3-5,12H,2,6H2,1H3. The molecule has 0 fully saturated rings. The average molecular weight is 241 g/mol. The van der Waals surface area contributed by atoms with E-state index in [0.29, 0.717) is 0 Å². The van der Waals surface area contributed by atoms with Crippen molar-refractivity contribution < 1.29 is 0 Å². The molecule has 74 valence electrons.